The van der Waals surface area contributed by atoms with E-state index in [4.69, 9.17) is 14.2 Å². The maximum absolute atomic E-state index is 13.4. The van der Waals surface area contributed by atoms with Crippen LogP contribution in [0.15, 0.2) is 75.0 Å². The van der Waals surface area contributed by atoms with E-state index in [1.165, 1.54) is 25.5 Å². The van der Waals surface area contributed by atoms with E-state index in [0.717, 1.165) is 16.8 Å². The number of aromatic nitrogens is 2. The van der Waals surface area contributed by atoms with Crippen LogP contribution in [0.5, 0.6) is 11.5 Å². The third-order valence-corrected chi connectivity index (χ3v) is 6.07. The second-order valence-corrected chi connectivity index (χ2v) is 9.61. The van der Waals surface area contributed by atoms with Gasteiger partial charge in [-0.2, -0.15) is 22.9 Å². The summed E-state index contributed by atoms with van der Waals surface area (Å²) < 4.78 is 57.6. The monoisotopic (exact) mass is 617 g/mol. The van der Waals surface area contributed by atoms with E-state index in [9.17, 15) is 22.8 Å². The van der Waals surface area contributed by atoms with Gasteiger partial charge in [-0.15, -0.1) is 0 Å². The number of rotatable bonds is 8. The Morgan fingerprint density at radius 3 is 2.58 bits per heavy atom. The first-order valence-corrected chi connectivity index (χ1v) is 12.7. The number of carbonyl (C=O) groups excluding carboxylic acids is 1. The molecular formula is C28H23BrF3N3O5. The third-order valence-electron chi connectivity index (χ3n) is 5.48. The fourth-order valence-corrected chi connectivity index (χ4v) is 4.33. The van der Waals surface area contributed by atoms with Crippen LogP contribution in [0.25, 0.3) is 22.3 Å². The highest BCUT2D eigenvalue weighted by Crippen LogP contribution is 2.36. The molecule has 12 heteroatoms. The molecule has 0 spiro atoms. The molecule has 0 aliphatic rings. The fraction of sp³-hybridized carbons (Fsp3) is 0.214. The second kappa shape index (κ2) is 11.9. The molecule has 40 heavy (non-hydrogen) atoms. The first kappa shape index (κ1) is 28.8. The number of nitrogens with zero attached hydrogens (tertiary/aromatic N) is 3. The van der Waals surface area contributed by atoms with Gasteiger partial charge >= 0.3 is 12.1 Å². The number of ether oxygens (including phenoxy) is 3. The van der Waals surface area contributed by atoms with Gasteiger partial charge in [-0.1, -0.05) is 24.3 Å². The lowest BCUT2D eigenvalue weighted by atomic mass is 10.1. The van der Waals surface area contributed by atoms with Crippen molar-refractivity contribution in [1.82, 2.24) is 9.66 Å². The highest BCUT2D eigenvalue weighted by Gasteiger charge is 2.31. The molecule has 0 saturated carbocycles. The van der Waals surface area contributed by atoms with Gasteiger partial charge in [0.05, 0.1) is 40.4 Å². The fourth-order valence-electron chi connectivity index (χ4n) is 3.76. The van der Waals surface area contributed by atoms with E-state index in [0.29, 0.717) is 15.6 Å². The van der Waals surface area contributed by atoms with Crippen LogP contribution in [0.2, 0.25) is 0 Å². The van der Waals surface area contributed by atoms with Crippen molar-refractivity contribution in [3.8, 4) is 22.9 Å². The van der Waals surface area contributed by atoms with Gasteiger partial charge in [-0.25, -0.2) is 9.78 Å². The zero-order chi connectivity index (χ0) is 29.0. The minimum Gasteiger partial charge on any atom is -0.493 e. The summed E-state index contributed by atoms with van der Waals surface area (Å²) in [5.74, 6) is -0.120. The minimum absolute atomic E-state index is 0.0608. The summed E-state index contributed by atoms with van der Waals surface area (Å²) in [6.07, 6.45) is -3.55. The number of esters is 1. The molecule has 3 aromatic carbocycles. The Morgan fingerprint density at radius 1 is 1.12 bits per heavy atom. The Labute approximate surface area is 235 Å². The molecule has 4 aromatic rings. The van der Waals surface area contributed by atoms with Crippen molar-refractivity contribution in [3.63, 3.8) is 0 Å². The van der Waals surface area contributed by atoms with Crippen molar-refractivity contribution >= 4 is 39.0 Å². The number of carbonyl (C=O) groups is 1. The lowest BCUT2D eigenvalue weighted by Crippen LogP contribution is -2.20. The van der Waals surface area contributed by atoms with Gasteiger partial charge in [-0.05, 0) is 71.7 Å². The molecule has 0 N–H and O–H groups in total. The van der Waals surface area contributed by atoms with Crippen molar-refractivity contribution in [3.05, 3.63) is 86.6 Å². The van der Waals surface area contributed by atoms with Crippen molar-refractivity contribution in [2.24, 2.45) is 5.10 Å². The molecule has 0 atom stereocenters. The topological polar surface area (TPSA) is 92.0 Å². The van der Waals surface area contributed by atoms with Crippen LogP contribution < -0.4 is 15.0 Å². The second-order valence-electron chi connectivity index (χ2n) is 8.75. The number of fused-ring (bicyclic) bond motifs is 1. The van der Waals surface area contributed by atoms with Gasteiger partial charge in [0.15, 0.2) is 23.9 Å². The van der Waals surface area contributed by atoms with Gasteiger partial charge in [0.25, 0.3) is 5.56 Å². The number of methoxy groups -OCH3 is 1. The van der Waals surface area contributed by atoms with Crippen molar-refractivity contribution < 1.29 is 32.2 Å². The first-order chi connectivity index (χ1) is 19.0. The molecule has 0 aliphatic heterocycles. The SMILES string of the molecule is COc1cc(C=Nn2c(-c3cccc(C(F)(F)F)c3)nc3ccccc3c2=O)cc(Br)c1OCC(=O)OC(C)C. The molecule has 0 fully saturated rings. The lowest BCUT2D eigenvalue weighted by molar-refractivity contribution is -0.149. The van der Waals surface area contributed by atoms with Crippen molar-refractivity contribution in [1.29, 1.82) is 0 Å². The molecule has 1 heterocycles. The molecule has 0 radical (unpaired) electrons. The molecule has 0 saturated heterocycles. The number of hydrogen-bond donors (Lipinski definition) is 0. The summed E-state index contributed by atoms with van der Waals surface area (Å²) >= 11 is 3.38. The first-order valence-electron chi connectivity index (χ1n) is 11.9. The molecule has 0 bridgehead atoms. The Morgan fingerprint density at radius 2 is 1.88 bits per heavy atom. The molecule has 4 rings (SSSR count). The number of benzene rings is 3. The molecule has 208 valence electrons. The number of hydrogen-bond acceptors (Lipinski definition) is 7. The van der Waals surface area contributed by atoms with Crippen LogP contribution in [-0.2, 0) is 15.7 Å². The maximum Gasteiger partial charge on any atom is 0.416 e. The Balaban J connectivity index is 1.77. The van der Waals surface area contributed by atoms with Gasteiger partial charge in [0, 0.05) is 5.56 Å². The number of halogens is 4. The zero-order valence-electron chi connectivity index (χ0n) is 21.5. The van der Waals surface area contributed by atoms with Crippen LogP contribution in [0.4, 0.5) is 13.2 Å². The zero-order valence-corrected chi connectivity index (χ0v) is 23.1. The highest BCUT2D eigenvalue weighted by atomic mass is 79.9. The summed E-state index contributed by atoms with van der Waals surface area (Å²) in [4.78, 5) is 29.7. The van der Waals surface area contributed by atoms with Crippen LogP contribution in [0.3, 0.4) is 0 Å². The van der Waals surface area contributed by atoms with E-state index in [1.54, 1.807) is 50.2 Å². The average Bonchev–Trinajstić information content (AvgIpc) is 2.90. The van der Waals surface area contributed by atoms with Gasteiger partial charge in [0.2, 0.25) is 0 Å². The van der Waals surface area contributed by atoms with Crippen molar-refractivity contribution in [2.75, 3.05) is 13.7 Å². The predicted molar refractivity (Wildman–Crippen MR) is 147 cm³/mol. The molecule has 8 nitrogen and oxygen atoms in total. The van der Waals surface area contributed by atoms with E-state index in [1.807, 2.05) is 0 Å². The summed E-state index contributed by atoms with van der Waals surface area (Å²) in [5, 5.41) is 4.53. The summed E-state index contributed by atoms with van der Waals surface area (Å²) in [6, 6.07) is 14.2. The Bertz CT molecular complexity index is 1650. The van der Waals surface area contributed by atoms with Crippen LogP contribution >= 0.6 is 15.9 Å². The van der Waals surface area contributed by atoms with E-state index < -0.39 is 23.3 Å². The average molecular weight is 618 g/mol. The van der Waals surface area contributed by atoms with Gasteiger partial charge in [0.1, 0.15) is 0 Å². The van der Waals surface area contributed by atoms with Crippen LogP contribution in [-0.4, -0.2) is 41.7 Å². The smallest absolute Gasteiger partial charge is 0.416 e. The predicted octanol–water partition coefficient (Wildman–Crippen LogP) is 6.07. The van der Waals surface area contributed by atoms with Gasteiger partial charge in [-0.3, -0.25) is 4.79 Å². The Hall–Kier alpha value is -4.19. The summed E-state index contributed by atoms with van der Waals surface area (Å²) in [7, 11) is 1.41. The Kier molecular flexibility index (Phi) is 8.58. The molecule has 0 aliphatic carbocycles. The standard InChI is InChI=1S/C28H23BrF3N3O5/c1-16(2)40-24(36)15-39-25-21(29)11-17(12-23(25)38-3)14-33-35-26(18-7-6-8-19(13-18)28(30,31)32)34-22-10-5-4-9-20(22)27(35)37/h4-14,16H,15H2,1-3H3. The molecule has 0 unspecified atom stereocenters. The van der Waals surface area contributed by atoms with Crippen LogP contribution in [0, 0.1) is 0 Å². The molecular weight excluding hydrogens is 595 g/mol. The third kappa shape index (κ3) is 6.50. The van der Waals surface area contributed by atoms with Gasteiger partial charge < -0.3 is 14.2 Å². The van der Waals surface area contributed by atoms with Crippen molar-refractivity contribution in [2.45, 2.75) is 26.1 Å². The summed E-state index contributed by atoms with van der Waals surface area (Å²) in [6.45, 7) is 3.09. The maximum atomic E-state index is 13.4. The quantitative estimate of drug-likeness (QED) is 0.176. The van der Waals surface area contributed by atoms with E-state index in [-0.39, 0.29) is 41.0 Å². The van der Waals surface area contributed by atoms with E-state index >= 15 is 0 Å². The normalized spacial score (nSPS) is 11.8. The molecule has 0 amide bonds. The minimum atomic E-state index is -4.58. The number of alkyl halides is 3. The number of para-hydroxylation sites is 1. The largest absolute Gasteiger partial charge is 0.493 e. The van der Waals surface area contributed by atoms with Crippen LogP contribution in [0.1, 0.15) is 25.0 Å². The molecule has 1 aromatic heterocycles. The highest BCUT2D eigenvalue weighted by molar-refractivity contribution is 9.10. The lowest BCUT2D eigenvalue weighted by Gasteiger charge is -2.14. The summed E-state index contributed by atoms with van der Waals surface area (Å²) in [5.41, 5.74) is -0.622. The van der Waals surface area contributed by atoms with E-state index in [2.05, 4.69) is 26.0 Å².